The van der Waals surface area contributed by atoms with Crippen molar-refractivity contribution in [2.24, 2.45) is 5.73 Å². The molecule has 134 valence electrons. The summed E-state index contributed by atoms with van der Waals surface area (Å²) < 4.78 is 10.8. The average Bonchev–Trinajstić information content (AvgIpc) is 2.69. The van der Waals surface area contributed by atoms with Gasteiger partial charge in [-0.1, -0.05) is 36.4 Å². The van der Waals surface area contributed by atoms with Gasteiger partial charge < -0.3 is 15.2 Å². The number of hydrogen-bond donors (Lipinski definition) is 1. The van der Waals surface area contributed by atoms with Gasteiger partial charge in [-0.3, -0.25) is 4.90 Å². The maximum absolute atomic E-state index is 6.24. The maximum atomic E-state index is 6.24. The molecule has 4 heteroatoms. The number of ether oxygens (including phenoxy) is 2. The molecule has 1 aliphatic rings. The van der Waals surface area contributed by atoms with Crippen LogP contribution in [0.25, 0.3) is 0 Å². The Morgan fingerprint density at radius 1 is 0.960 bits per heavy atom. The zero-order valence-electron chi connectivity index (χ0n) is 15.2. The lowest BCUT2D eigenvalue weighted by Gasteiger charge is -2.42. The molecule has 4 nitrogen and oxygen atoms in total. The molecular formula is C21H28N2O2. The van der Waals surface area contributed by atoms with E-state index >= 15 is 0 Å². The highest BCUT2D eigenvalue weighted by Crippen LogP contribution is 2.39. The van der Waals surface area contributed by atoms with Gasteiger partial charge in [0.15, 0.2) is 11.5 Å². The van der Waals surface area contributed by atoms with Crippen LogP contribution < -0.4 is 15.2 Å². The molecule has 0 unspecified atom stereocenters. The van der Waals surface area contributed by atoms with E-state index in [2.05, 4.69) is 47.4 Å². The second kappa shape index (κ2) is 7.89. The topological polar surface area (TPSA) is 47.7 Å². The van der Waals surface area contributed by atoms with Gasteiger partial charge in [0.1, 0.15) is 0 Å². The number of likely N-dealkylation sites (tertiary alicyclic amines) is 1. The van der Waals surface area contributed by atoms with Crippen LogP contribution in [0.15, 0.2) is 48.5 Å². The number of methoxy groups -OCH3 is 2. The summed E-state index contributed by atoms with van der Waals surface area (Å²) in [6.45, 7) is 3.77. The zero-order valence-corrected chi connectivity index (χ0v) is 15.2. The van der Waals surface area contributed by atoms with Gasteiger partial charge in [-0.05, 0) is 49.2 Å². The number of hydrogen-bond acceptors (Lipinski definition) is 4. The summed E-state index contributed by atoms with van der Waals surface area (Å²) in [5.74, 6) is 1.54. The Labute approximate surface area is 150 Å². The van der Waals surface area contributed by atoms with E-state index in [4.69, 9.17) is 15.2 Å². The first-order valence-electron chi connectivity index (χ1n) is 8.89. The zero-order chi connectivity index (χ0) is 17.7. The van der Waals surface area contributed by atoms with E-state index in [1.807, 2.05) is 6.07 Å². The largest absolute Gasteiger partial charge is 0.493 e. The quantitative estimate of drug-likeness (QED) is 0.877. The van der Waals surface area contributed by atoms with Crippen LogP contribution >= 0.6 is 0 Å². The summed E-state index contributed by atoms with van der Waals surface area (Å²) in [5.41, 5.74) is 8.89. The van der Waals surface area contributed by atoms with Gasteiger partial charge >= 0.3 is 0 Å². The Bertz CT molecular complexity index is 680. The summed E-state index contributed by atoms with van der Waals surface area (Å²) in [6, 6.07) is 16.9. The molecule has 1 fully saturated rings. The van der Waals surface area contributed by atoms with Crippen molar-refractivity contribution in [3.8, 4) is 11.5 Å². The Balaban J connectivity index is 1.73. The minimum absolute atomic E-state index is 0.0206. The molecule has 0 bridgehead atoms. The molecule has 2 aromatic carbocycles. The normalized spacial score (nSPS) is 17.2. The summed E-state index contributed by atoms with van der Waals surface area (Å²) in [5, 5.41) is 0. The van der Waals surface area contributed by atoms with Crippen molar-refractivity contribution in [1.29, 1.82) is 0 Å². The van der Waals surface area contributed by atoms with Gasteiger partial charge in [-0.25, -0.2) is 0 Å². The molecule has 0 aromatic heterocycles. The predicted octanol–water partition coefficient (Wildman–Crippen LogP) is 3.20. The van der Waals surface area contributed by atoms with Gasteiger partial charge in [0.05, 0.1) is 14.2 Å². The molecule has 0 atom stereocenters. The van der Waals surface area contributed by atoms with Crippen LogP contribution in [0.3, 0.4) is 0 Å². The third kappa shape index (κ3) is 3.80. The molecule has 0 radical (unpaired) electrons. The minimum Gasteiger partial charge on any atom is -0.493 e. The van der Waals surface area contributed by atoms with Crippen LogP contribution in [0.2, 0.25) is 0 Å². The Morgan fingerprint density at radius 3 is 2.24 bits per heavy atom. The highest BCUT2D eigenvalue weighted by molar-refractivity contribution is 5.45. The van der Waals surface area contributed by atoms with Crippen molar-refractivity contribution in [2.75, 3.05) is 33.9 Å². The van der Waals surface area contributed by atoms with Crippen LogP contribution in [0.4, 0.5) is 0 Å². The number of piperidine rings is 1. The number of benzene rings is 2. The van der Waals surface area contributed by atoms with Crippen LogP contribution in [0, 0.1) is 0 Å². The molecule has 0 saturated carbocycles. The molecular weight excluding hydrogens is 312 g/mol. The summed E-state index contributed by atoms with van der Waals surface area (Å²) >= 11 is 0. The molecule has 0 aliphatic carbocycles. The Kier molecular flexibility index (Phi) is 5.61. The molecule has 1 saturated heterocycles. The monoisotopic (exact) mass is 340 g/mol. The second-order valence-corrected chi connectivity index (χ2v) is 6.82. The first-order chi connectivity index (χ1) is 12.2. The van der Waals surface area contributed by atoms with Crippen LogP contribution in [0.1, 0.15) is 24.0 Å². The lowest BCUT2D eigenvalue weighted by Crippen LogP contribution is -2.46. The van der Waals surface area contributed by atoms with Gasteiger partial charge in [0.2, 0.25) is 0 Å². The van der Waals surface area contributed by atoms with Gasteiger partial charge in [0.25, 0.3) is 0 Å². The van der Waals surface area contributed by atoms with Crippen LogP contribution in [0.5, 0.6) is 11.5 Å². The van der Waals surface area contributed by atoms with Crippen molar-refractivity contribution in [2.45, 2.75) is 24.8 Å². The fourth-order valence-corrected chi connectivity index (χ4v) is 3.76. The van der Waals surface area contributed by atoms with Crippen molar-refractivity contribution in [3.05, 3.63) is 59.7 Å². The fourth-order valence-electron chi connectivity index (χ4n) is 3.76. The summed E-state index contributed by atoms with van der Waals surface area (Å²) in [6.07, 6.45) is 2.12. The lowest BCUT2D eigenvalue weighted by molar-refractivity contribution is 0.155. The Morgan fingerprint density at radius 2 is 1.64 bits per heavy atom. The van der Waals surface area contributed by atoms with Gasteiger partial charge in [-0.15, -0.1) is 0 Å². The molecule has 2 aromatic rings. The summed E-state index contributed by atoms with van der Waals surface area (Å²) in [4.78, 5) is 2.52. The first kappa shape index (κ1) is 17.8. The van der Waals surface area contributed by atoms with Gasteiger partial charge in [0, 0.05) is 18.5 Å². The second-order valence-electron chi connectivity index (χ2n) is 6.82. The fraction of sp³-hybridized carbons (Fsp3) is 0.429. The number of nitrogens with zero attached hydrogens (tertiary/aromatic N) is 1. The lowest BCUT2D eigenvalue weighted by atomic mass is 9.72. The van der Waals surface area contributed by atoms with E-state index in [1.54, 1.807) is 14.2 Å². The predicted molar refractivity (Wildman–Crippen MR) is 101 cm³/mol. The van der Waals surface area contributed by atoms with Crippen LogP contribution in [-0.2, 0) is 12.0 Å². The van der Waals surface area contributed by atoms with E-state index in [9.17, 15) is 0 Å². The summed E-state index contributed by atoms with van der Waals surface area (Å²) in [7, 11) is 3.34. The minimum atomic E-state index is 0.0206. The smallest absolute Gasteiger partial charge is 0.161 e. The first-order valence-corrected chi connectivity index (χ1v) is 8.89. The van der Waals surface area contributed by atoms with Crippen molar-refractivity contribution >= 4 is 0 Å². The highest BCUT2D eigenvalue weighted by Gasteiger charge is 2.35. The third-order valence-electron chi connectivity index (χ3n) is 5.45. The molecule has 2 N–H and O–H groups in total. The number of nitrogens with two attached hydrogens (primary N) is 1. The van der Waals surface area contributed by atoms with Crippen molar-refractivity contribution in [1.82, 2.24) is 4.90 Å². The Hall–Kier alpha value is -2.04. The maximum Gasteiger partial charge on any atom is 0.161 e. The standard InChI is InChI=1S/C21H28N2O2/c1-24-19-9-8-18(14-20(19)25-2)21(16-22)10-12-23(13-11-21)15-17-6-4-3-5-7-17/h3-9,14H,10-13,15-16,22H2,1-2H3. The molecule has 0 spiro atoms. The SMILES string of the molecule is COc1ccc(C2(CN)CCN(Cc3ccccc3)CC2)cc1OC. The number of rotatable bonds is 6. The van der Waals surface area contributed by atoms with E-state index in [0.717, 1.165) is 44.0 Å². The van der Waals surface area contributed by atoms with Crippen molar-refractivity contribution < 1.29 is 9.47 Å². The molecule has 1 heterocycles. The average molecular weight is 340 g/mol. The highest BCUT2D eigenvalue weighted by atomic mass is 16.5. The molecule has 25 heavy (non-hydrogen) atoms. The van der Waals surface area contributed by atoms with E-state index in [-0.39, 0.29) is 5.41 Å². The van der Waals surface area contributed by atoms with Crippen LogP contribution in [-0.4, -0.2) is 38.8 Å². The van der Waals surface area contributed by atoms with E-state index in [1.165, 1.54) is 11.1 Å². The van der Waals surface area contributed by atoms with E-state index in [0.29, 0.717) is 6.54 Å². The third-order valence-corrected chi connectivity index (χ3v) is 5.45. The molecule has 3 rings (SSSR count). The van der Waals surface area contributed by atoms with Crippen molar-refractivity contribution in [3.63, 3.8) is 0 Å². The molecule has 1 aliphatic heterocycles. The molecule has 0 amide bonds. The van der Waals surface area contributed by atoms with E-state index < -0.39 is 0 Å². The van der Waals surface area contributed by atoms with Gasteiger partial charge in [-0.2, -0.15) is 0 Å².